The first-order chi connectivity index (χ1) is 15.6. The first-order valence-electron chi connectivity index (χ1n) is 12.5. The molecule has 0 spiro atoms. The zero-order valence-corrected chi connectivity index (χ0v) is 21.8. The van der Waals surface area contributed by atoms with Crippen LogP contribution in [0.1, 0.15) is 103 Å². The van der Waals surface area contributed by atoms with E-state index >= 15 is 0 Å². The first kappa shape index (κ1) is 30.9. The summed E-state index contributed by atoms with van der Waals surface area (Å²) in [5, 5.41) is 3.18. The van der Waals surface area contributed by atoms with E-state index in [9.17, 15) is 4.79 Å². The second-order valence-electron chi connectivity index (χ2n) is 8.31. The van der Waals surface area contributed by atoms with Crippen LogP contribution >= 0.6 is 0 Å². The Kier molecular flexibility index (Phi) is 22.2. The Hall–Kier alpha value is -1.12. The fourth-order valence-corrected chi connectivity index (χ4v) is 5.59. The van der Waals surface area contributed by atoms with Crippen molar-refractivity contribution in [1.82, 2.24) is 0 Å². The Bertz CT molecular complexity index is 478. The minimum atomic E-state index is -2.36. The normalized spacial score (nSPS) is 11.3. The van der Waals surface area contributed by atoms with Crippen LogP contribution in [0.25, 0.3) is 10.4 Å². The minimum absolute atomic E-state index is 0.210. The number of nitrogens with zero attached hydrogens (tertiary/aromatic N) is 3. The van der Waals surface area contributed by atoms with Crippen molar-refractivity contribution in [1.29, 1.82) is 0 Å². The van der Waals surface area contributed by atoms with Gasteiger partial charge in [-0.05, 0) is 18.4 Å². The monoisotopic (exact) mass is 473 g/mol. The molecule has 0 aliphatic heterocycles. The number of hydrogen-bond donors (Lipinski definition) is 0. The van der Waals surface area contributed by atoms with Crippen LogP contribution in [0.4, 0.5) is 0 Å². The molecule has 8 nitrogen and oxygen atoms in total. The maximum absolute atomic E-state index is 11.1. The summed E-state index contributed by atoms with van der Waals surface area (Å²) in [4.78, 5) is 13.7. The molecule has 0 radical (unpaired) electrons. The van der Waals surface area contributed by atoms with Crippen molar-refractivity contribution in [3.05, 3.63) is 10.4 Å². The second-order valence-corrected chi connectivity index (χ2v) is 11.4. The third-order valence-electron chi connectivity index (χ3n) is 5.84. The van der Waals surface area contributed by atoms with E-state index in [1.807, 2.05) is 0 Å². The molecule has 0 saturated carbocycles. The summed E-state index contributed by atoms with van der Waals surface area (Å²) >= 11 is 0. The lowest BCUT2D eigenvalue weighted by atomic mass is 10.0. The van der Waals surface area contributed by atoms with Gasteiger partial charge in [0.15, 0.2) is 0 Å². The largest absolute Gasteiger partial charge is 0.500 e. The van der Waals surface area contributed by atoms with Crippen LogP contribution < -0.4 is 0 Å². The lowest BCUT2D eigenvalue weighted by molar-refractivity contribution is -0.142. The molecule has 0 rings (SSSR count). The van der Waals surface area contributed by atoms with Crippen molar-refractivity contribution in [2.45, 2.75) is 109 Å². The number of carbonyl (C=O) groups excluding carboxylic acids is 1. The Labute approximate surface area is 196 Å². The third-order valence-corrected chi connectivity index (χ3v) is 8.67. The molecule has 0 N–H and O–H groups in total. The quantitative estimate of drug-likeness (QED) is 0.0376. The number of unbranched alkanes of at least 4 members (excludes halogenated alkanes) is 15. The van der Waals surface area contributed by atoms with Gasteiger partial charge in [-0.1, -0.05) is 95.0 Å². The van der Waals surface area contributed by atoms with Crippen molar-refractivity contribution in [3.63, 3.8) is 0 Å². The fraction of sp³-hybridized carbons (Fsp3) is 0.957. The molecule has 0 aromatic heterocycles. The lowest BCUT2D eigenvalue weighted by Gasteiger charge is -2.24. The van der Waals surface area contributed by atoms with E-state index in [1.54, 1.807) is 21.3 Å². The van der Waals surface area contributed by atoms with Crippen molar-refractivity contribution in [2.75, 3.05) is 34.5 Å². The molecule has 0 heterocycles. The van der Waals surface area contributed by atoms with E-state index in [4.69, 9.17) is 23.5 Å². The van der Waals surface area contributed by atoms with Gasteiger partial charge < -0.3 is 18.0 Å². The Morgan fingerprint density at radius 2 is 1.06 bits per heavy atom. The predicted octanol–water partition coefficient (Wildman–Crippen LogP) is 6.96. The highest BCUT2D eigenvalue weighted by molar-refractivity contribution is 6.60. The molecule has 0 fully saturated rings. The van der Waals surface area contributed by atoms with E-state index in [0.717, 1.165) is 25.3 Å². The number of ether oxygens (including phenoxy) is 1. The molecule has 0 aromatic carbocycles. The molecule has 188 valence electrons. The van der Waals surface area contributed by atoms with E-state index < -0.39 is 14.8 Å². The summed E-state index contributed by atoms with van der Waals surface area (Å²) in [5.41, 5.74) is 8.12. The molecule has 0 atom stereocenters. The summed E-state index contributed by atoms with van der Waals surface area (Å²) < 4.78 is 21.3. The standard InChI is InChI=1S/C23H47N3O5Si/c1-28-32(29-2,30-3)21-19-17-15-13-11-9-7-5-4-6-8-10-12-14-16-18-20-31-23(27)22-25-26-24/h4-22H2,1-3H3. The average Bonchev–Trinajstić information content (AvgIpc) is 2.82. The number of rotatable bonds is 24. The zero-order chi connectivity index (χ0) is 23.8. The van der Waals surface area contributed by atoms with Gasteiger partial charge >= 0.3 is 14.8 Å². The van der Waals surface area contributed by atoms with Gasteiger partial charge in [0.2, 0.25) is 0 Å². The Balaban J connectivity index is 3.24. The Morgan fingerprint density at radius 1 is 0.688 bits per heavy atom. The van der Waals surface area contributed by atoms with E-state index in [0.29, 0.717) is 6.61 Å². The smallest absolute Gasteiger partial charge is 0.466 e. The molecule has 0 saturated heterocycles. The minimum Gasteiger partial charge on any atom is -0.466 e. The van der Waals surface area contributed by atoms with Gasteiger partial charge in [-0.3, -0.25) is 4.79 Å². The van der Waals surface area contributed by atoms with Gasteiger partial charge in [0.1, 0.15) is 6.54 Å². The van der Waals surface area contributed by atoms with Crippen LogP contribution in [-0.2, 0) is 22.8 Å². The van der Waals surface area contributed by atoms with Crippen molar-refractivity contribution in [3.8, 4) is 0 Å². The molecular formula is C23H47N3O5Si. The van der Waals surface area contributed by atoms with Gasteiger partial charge in [-0.2, -0.15) is 0 Å². The predicted molar refractivity (Wildman–Crippen MR) is 130 cm³/mol. The van der Waals surface area contributed by atoms with Gasteiger partial charge in [-0.25, -0.2) is 0 Å². The molecule has 0 aromatic rings. The highest BCUT2D eigenvalue weighted by atomic mass is 28.4. The molecule has 0 amide bonds. The van der Waals surface area contributed by atoms with Crippen LogP contribution in [0.3, 0.4) is 0 Å². The summed E-state index contributed by atoms with van der Waals surface area (Å²) in [7, 11) is 2.68. The molecule has 0 aliphatic carbocycles. The topological polar surface area (TPSA) is 103 Å². The van der Waals surface area contributed by atoms with E-state index in [2.05, 4.69) is 10.0 Å². The van der Waals surface area contributed by atoms with Gasteiger partial charge in [0, 0.05) is 32.3 Å². The van der Waals surface area contributed by atoms with E-state index in [-0.39, 0.29) is 6.54 Å². The molecular weight excluding hydrogens is 426 g/mol. The van der Waals surface area contributed by atoms with Crippen LogP contribution in [0.5, 0.6) is 0 Å². The molecule has 9 heteroatoms. The van der Waals surface area contributed by atoms with Gasteiger partial charge in [0.25, 0.3) is 0 Å². The van der Waals surface area contributed by atoms with Gasteiger partial charge in [0.05, 0.1) is 6.61 Å². The van der Waals surface area contributed by atoms with Crippen molar-refractivity contribution in [2.24, 2.45) is 5.11 Å². The molecule has 0 aliphatic rings. The van der Waals surface area contributed by atoms with Crippen LogP contribution in [-0.4, -0.2) is 49.3 Å². The summed E-state index contributed by atoms with van der Waals surface area (Å²) in [6.45, 7) is 0.218. The Morgan fingerprint density at radius 3 is 1.44 bits per heavy atom. The van der Waals surface area contributed by atoms with Crippen LogP contribution in [0.2, 0.25) is 6.04 Å². The summed E-state index contributed by atoms with van der Waals surface area (Å²) in [6, 6.07) is 0.909. The summed E-state index contributed by atoms with van der Waals surface area (Å²) in [6.07, 6.45) is 20.2. The maximum atomic E-state index is 11.1. The second kappa shape index (κ2) is 23.0. The van der Waals surface area contributed by atoms with Crippen LogP contribution in [0, 0.1) is 0 Å². The fourth-order valence-electron chi connectivity index (χ4n) is 3.80. The maximum Gasteiger partial charge on any atom is 0.500 e. The van der Waals surface area contributed by atoms with Crippen molar-refractivity contribution < 1.29 is 22.8 Å². The zero-order valence-electron chi connectivity index (χ0n) is 20.8. The van der Waals surface area contributed by atoms with E-state index in [1.165, 1.54) is 83.5 Å². The average molecular weight is 474 g/mol. The van der Waals surface area contributed by atoms with Crippen LogP contribution in [0.15, 0.2) is 5.11 Å². The SMILES string of the molecule is CO[Si](CCCCCCCCCCCCCCCCCCOC(=O)CN=[N+]=[N-])(OC)OC. The first-order valence-corrected chi connectivity index (χ1v) is 14.4. The number of hydrogen-bond acceptors (Lipinski definition) is 6. The lowest BCUT2D eigenvalue weighted by Crippen LogP contribution is -2.42. The highest BCUT2D eigenvalue weighted by Gasteiger charge is 2.36. The summed E-state index contributed by atoms with van der Waals surface area (Å²) in [5.74, 6) is -0.442. The third kappa shape index (κ3) is 18.4. The molecule has 0 unspecified atom stereocenters. The number of carbonyl (C=O) groups is 1. The van der Waals surface area contributed by atoms with Crippen molar-refractivity contribution >= 4 is 14.8 Å². The molecule has 0 bridgehead atoms. The number of azide groups is 1. The van der Waals surface area contributed by atoms with Gasteiger partial charge in [-0.15, -0.1) is 0 Å². The number of esters is 1. The highest BCUT2D eigenvalue weighted by Crippen LogP contribution is 2.19. The molecule has 32 heavy (non-hydrogen) atoms.